The summed E-state index contributed by atoms with van der Waals surface area (Å²) < 4.78 is 10.8. The van der Waals surface area contributed by atoms with E-state index < -0.39 is 6.10 Å². The van der Waals surface area contributed by atoms with Gasteiger partial charge in [-0.25, -0.2) is 0 Å². The summed E-state index contributed by atoms with van der Waals surface area (Å²) in [6.07, 6.45) is 1.18. The van der Waals surface area contributed by atoms with Gasteiger partial charge in [0.1, 0.15) is 11.5 Å². The lowest BCUT2D eigenvalue weighted by Gasteiger charge is -2.16. The van der Waals surface area contributed by atoms with Crippen LogP contribution in [0, 0.1) is 0 Å². The highest BCUT2D eigenvalue weighted by molar-refractivity contribution is 6.04. The summed E-state index contributed by atoms with van der Waals surface area (Å²) in [5.74, 6) is 0.731. The Morgan fingerprint density at radius 1 is 1.04 bits per heavy atom. The predicted molar refractivity (Wildman–Crippen MR) is 105 cm³/mol. The number of para-hydroxylation sites is 1. The summed E-state index contributed by atoms with van der Waals surface area (Å²) in [4.78, 5) is 24.8. The maximum atomic E-state index is 12.5. The van der Waals surface area contributed by atoms with E-state index in [4.69, 9.17) is 9.47 Å². The Kier molecular flexibility index (Phi) is 7.67. The van der Waals surface area contributed by atoms with E-state index in [2.05, 4.69) is 17.6 Å². The first-order chi connectivity index (χ1) is 13.0. The van der Waals surface area contributed by atoms with Gasteiger partial charge in [-0.2, -0.15) is 0 Å². The fourth-order valence-electron chi connectivity index (χ4n) is 2.41. The zero-order chi connectivity index (χ0) is 19.6. The minimum absolute atomic E-state index is 0.205. The molecule has 0 spiro atoms. The van der Waals surface area contributed by atoms with Crippen LogP contribution >= 0.6 is 0 Å². The number of unbranched alkanes of at least 4 members (excludes halogenated alkanes) is 1. The summed E-state index contributed by atoms with van der Waals surface area (Å²) >= 11 is 0. The van der Waals surface area contributed by atoms with Gasteiger partial charge in [0.2, 0.25) is 0 Å². The Balaban J connectivity index is 2.00. The molecule has 27 heavy (non-hydrogen) atoms. The number of hydrogen-bond acceptors (Lipinski definition) is 4. The number of amides is 2. The monoisotopic (exact) mass is 370 g/mol. The lowest BCUT2D eigenvalue weighted by atomic mass is 10.1. The van der Waals surface area contributed by atoms with Crippen LogP contribution in [0.2, 0.25) is 0 Å². The van der Waals surface area contributed by atoms with Crippen LogP contribution in [-0.2, 0) is 4.79 Å². The molecule has 0 unspecified atom stereocenters. The molecule has 0 saturated carbocycles. The van der Waals surface area contributed by atoms with Crippen molar-refractivity contribution in [1.29, 1.82) is 0 Å². The van der Waals surface area contributed by atoms with Crippen LogP contribution < -0.4 is 20.1 Å². The van der Waals surface area contributed by atoms with E-state index in [0.717, 1.165) is 12.8 Å². The lowest BCUT2D eigenvalue weighted by molar-refractivity contribution is -0.122. The van der Waals surface area contributed by atoms with E-state index >= 15 is 0 Å². The normalized spacial score (nSPS) is 11.4. The van der Waals surface area contributed by atoms with Gasteiger partial charge >= 0.3 is 0 Å². The van der Waals surface area contributed by atoms with E-state index in [0.29, 0.717) is 29.3 Å². The number of anilines is 1. The number of methoxy groups -OCH3 is 1. The Bertz CT molecular complexity index is 759. The smallest absolute Gasteiger partial charge is 0.265 e. The van der Waals surface area contributed by atoms with Crippen molar-refractivity contribution in [2.24, 2.45) is 0 Å². The first-order valence-corrected chi connectivity index (χ1v) is 9.04. The van der Waals surface area contributed by atoms with Crippen LogP contribution in [0.1, 0.15) is 37.0 Å². The number of hydrogen-bond donors (Lipinski definition) is 2. The third-order valence-electron chi connectivity index (χ3n) is 3.99. The maximum absolute atomic E-state index is 12.5. The molecule has 0 aliphatic heterocycles. The number of rotatable bonds is 9. The molecule has 0 heterocycles. The molecule has 0 saturated heterocycles. The molecule has 0 aromatic heterocycles. The van der Waals surface area contributed by atoms with Crippen LogP contribution in [-0.4, -0.2) is 31.6 Å². The third-order valence-corrected chi connectivity index (χ3v) is 3.99. The summed E-state index contributed by atoms with van der Waals surface area (Å²) in [5, 5.41) is 5.63. The molecule has 2 rings (SSSR count). The van der Waals surface area contributed by atoms with Gasteiger partial charge in [0.15, 0.2) is 6.10 Å². The Morgan fingerprint density at radius 3 is 2.37 bits per heavy atom. The van der Waals surface area contributed by atoms with Crippen molar-refractivity contribution in [2.45, 2.75) is 32.8 Å². The first-order valence-electron chi connectivity index (χ1n) is 9.04. The van der Waals surface area contributed by atoms with Crippen molar-refractivity contribution >= 4 is 17.5 Å². The highest BCUT2D eigenvalue weighted by Gasteiger charge is 2.18. The van der Waals surface area contributed by atoms with Crippen molar-refractivity contribution in [2.75, 3.05) is 19.0 Å². The molecule has 2 aromatic carbocycles. The average molecular weight is 370 g/mol. The van der Waals surface area contributed by atoms with Crippen molar-refractivity contribution in [3.05, 3.63) is 54.1 Å². The van der Waals surface area contributed by atoms with E-state index in [9.17, 15) is 9.59 Å². The number of ether oxygens (including phenoxy) is 2. The van der Waals surface area contributed by atoms with Gasteiger partial charge in [0.25, 0.3) is 11.8 Å². The van der Waals surface area contributed by atoms with Gasteiger partial charge in [0, 0.05) is 6.54 Å². The van der Waals surface area contributed by atoms with E-state index in [1.54, 1.807) is 62.6 Å². The molecular formula is C21H26N2O4. The van der Waals surface area contributed by atoms with Gasteiger partial charge in [-0.1, -0.05) is 25.5 Å². The fraction of sp³-hybridized carbons (Fsp3) is 0.333. The number of nitrogens with one attached hydrogen (secondary N) is 2. The van der Waals surface area contributed by atoms with E-state index in [1.807, 2.05) is 0 Å². The zero-order valence-corrected chi connectivity index (χ0v) is 16.0. The van der Waals surface area contributed by atoms with Crippen molar-refractivity contribution < 1.29 is 19.1 Å². The number of carbonyl (C=O) groups is 2. The van der Waals surface area contributed by atoms with Gasteiger partial charge in [0.05, 0.1) is 18.4 Å². The molecule has 0 fully saturated rings. The molecule has 144 valence electrons. The lowest BCUT2D eigenvalue weighted by Crippen LogP contribution is -2.32. The number of benzene rings is 2. The fourth-order valence-corrected chi connectivity index (χ4v) is 2.41. The first kappa shape index (κ1) is 20.3. The second-order valence-corrected chi connectivity index (χ2v) is 6.08. The highest BCUT2D eigenvalue weighted by Crippen LogP contribution is 2.19. The van der Waals surface area contributed by atoms with Crippen molar-refractivity contribution in [3.63, 3.8) is 0 Å². The predicted octanol–water partition coefficient (Wildman–Crippen LogP) is 3.63. The maximum Gasteiger partial charge on any atom is 0.265 e. The standard InChI is InChI=1S/C21H26N2O4/c1-4-5-14-22-21(25)18-8-6-7-9-19(18)23-20(24)15(2)27-17-12-10-16(26-3)11-13-17/h6-13,15H,4-5,14H2,1-3H3,(H,22,25)(H,23,24)/t15-/m0/s1. The molecule has 0 bridgehead atoms. The second-order valence-electron chi connectivity index (χ2n) is 6.08. The average Bonchev–Trinajstić information content (AvgIpc) is 2.69. The number of carbonyl (C=O) groups excluding carboxylic acids is 2. The zero-order valence-electron chi connectivity index (χ0n) is 16.0. The van der Waals surface area contributed by atoms with Gasteiger partial charge in [-0.15, -0.1) is 0 Å². The summed E-state index contributed by atoms with van der Waals surface area (Å²) in [5.41, 5.74) is 0.889. The molecule has 1 atom stereocenters. The van der Waals surface area contributed by atoms with Crippen LogP contribution in [0.5, 0.6) is 11.5 Å². The topological polar surface area (TPSA) is 76.7 Å². The quantitative estimate of drug-likeness (QED) is 0.661. The molecule has 0 aliphatic rings. The Hall–Kier alpha value is -3.02. The van der Waals surface area contributed by atoms with Crippen LogP contribution in [0.4, 0.5) is 5.69 Å². The Labute approximate surface area is 159 Å². The highest BCUT2D eigenvalue weighted by atomic mass is 16.5. The molecule has 2 aromatic rings. The van der Waals surface area contributed by atoms with E-state index in [-0.39, 0.29) is 11.8 Å². The molecule has 2 amide bonds. The summed E-state index contributed by atoms with van der Waals surface area (Å²) in [6.45, 7) is 4.32. The minimum atomic E-state index is -0.727. The molecule has 2 N–H and O–H groups in total. The molecule has 0 radical (unpaired) electrons. The molecule has 6 nitrogen and oxygen atoms in total. The third kappa shape index (κ3) is 6.02. The molecule has 0 aliphatic carbocycles. The van der Waals surface area contributed by atoms with Crippen LogP contribution in [0.3, 0.4) is 0 Å². The van der Waals surface area contributed by atoms with Gasteiger partial charge in [-0.3, -0.25) is 9.59 Å². The van der Waals surface area contributed by atoms with Crippen LogP contribution in [0.15, 0.2) is 48.5 Å². The van der Waals surface area contributed by atoms with Crippen molar-refractivity contribution in [3.8, 4) is 11.5 Å². The van der Waals surface area contributed by atoms with E-state index in [1.165, 1.54) is 0 Å². The summed E-state index contributed by atoms with van der Waals surface area (Å²) in [6, 6.07) is 13.9. The second kappa shape index (κ2) is 10.2. The minimum Gasteiger partial charge on any atom is -0.497 e. The van der Waals surface area contributed by atoms with Crippen molar-refractivity contribution in [1.82, 2.24) is 5.32 Å². The van der Waals surface area contributed by atoms with Crippen LogP contribution in [0.25, 0.3) is 0 Å². The van der Waals surface area contributed by atoms with Gasteiger partial charge in [-0.05, 0) is 49.7 Å². The largest absolute Gasteiger partial charge is 0.497 e. The molecular weight excluding hydrogens is 344 g/mol. The summed E-state index contributed by atoms with van der Waals surface area (Å²) in [7, 11) is 1.59. The molecule has 6 heteroatoms. The SMILES string of the molecule is CCCCNC(=O)c1ccccc1NC(=O)[C@H](C)Oc1ccc(OC)cc1. The van der Waals surface area contributed by atoms with Gasteiger partial charge < -0.3 is 20.1 Å². The Morgan fingerprint density at radius 2 is 1.70 bits per heavy atom.